The molecular formula is C15H22BrNO2S. The molecule has 5 heteroatoms. The Hall–Kier alpha value is -0.390. The van der Waals surface area contributed by atoms with Crippen molar-refractivity contribution in [3.05, 3.63) is 34.3 Å². The molecule has 0 heterocycles. The monoisotopic (exact) mass is 359 g/mol. The van der Waals surface area contributed by atoms with Crippen LogP contribution in [0.1, 0.15) is 44.2 Å². The van der Waals surface area contributed by atoms with Gasteiger partial charge in [-0.05, 0) is 43.9 Å². The first kappa shape index (κ1) is 16.0. The molecule has 1 fully saturated rings. The molecular weight excluding hydrogens is 338 g/mol. The van der Waals surface area contributed by atoms with E-state index in [4.69, 9.17) is 0 Å². The molecule has 2 rings (SSSR count). The third-order valence-electron chi connectivity index (χ3n) is 4.09. The van der Waals surface area contributed by atoms with Crippen molar-refractivity contribution in [2.24, 2.45) is 0 Å². The molecule has 112 valence electrons. The van der Waals surface area contributed by atoms with E-state index in [-0.39, 0.29) is 11.3 Å². The fourth-order valence-corrected chi connectivity index (χ4v) is 4.33. The minimum absolute atomic E-state index is 0.175. The molecule has 0 aliphatic heterocycles. The average Bonchev–Trinajstić information content (AvgIpc) is 2.38. The van der Waals surface area contributed by atoms with Crippen molar-refractivity contribution >= 4 is 25.8 Å². The standard InChI is InChI=1S/C15H22BrNO2S/c1-11(12-6-8-13(16)9-7-12)17-14-4-3-5-15(10-14)20(2,18)19/h6-9,11,14-15,17H,3-5,10H2,1-2H3/t11-,14?,15?/m0/s1. The van der Waals surface area contributed by atoms with Crippen LogP contribution in [0.3, 0.4) is 0 Å². The summed E-state index contributed by atoms with van der Waals surface area (Å²) in [6, 6.07) is 8.80. The van der Waals surface area contributed by atoms with E-state index in [1.165, 1.54) is 11.8 Å². The summed E-state index contributed by atoms with van der Waals surface area (Å²) in [5.74, 6) is 0. The van der Waals surface area contributed by atoms with Crippen LogP contribution in [0.5, 0.6) is 0 Å². The quantitative estimate of drug-likeness (QED) is 0.895. The molecule has 1 aromatic rings. The van der Waals surface area contributed by atoms with Gasteiger partial charge in [-0.25, -0.2) is 8.42 Å². The van der Waals surface area contributed by atoms with Gasteiger partial charge in [-0.1, -0.05) is 34.5 Å². The molecule has 0 saturated heterocycles. The highest BCUT2D eigenvalue weighted by Crippen LogP contribution is 2.26. The second kappa shape index (κ2) is 6.58. The second-order valence-electron chi connectivity index (χ2n) is 5.75. The highest BCUT2D eigenvalue weighted by atomic mass is 79.9. The van der Waals surface area contributed by atoms with Crippen molar-refractivity contribution in [2.45, 2.75) is 49.9 Å². The number of hydrogen-bond acceptors (Lipinski definition) is 3. The largest absolute Gasteiger partial charge is 0.307 e. The summed E-state index contributed by atoms with van der Waals surface area (Å²) in [6.07, 6.45) is 4.96. The van der Waals surface area contributed by atoms with Gasteiger partial charge in [0, 0.05) is 22.8 Å². The first-order valence-electron chi connectivity index (χ1n) is 7.06. The number of benzene rings is 1. The van der Waals surface area contributed by atoms with Gasteiger partial charge in [0.1, 0.15) is 9.84 Å². The van der Waals surface area contributed by atoms with E-state index >= 15 is 0 Å². The van der Waals surface area contributed by atoms with Crippen molar-refractivity contribution in [2.75, 3.05) is 6.26 Å². The highest BCUT2D eigenvalue weighted by Gasteiger charge is 2.29. The Balaban J connectivity index is 1.97. The predicted octanol–water partition coefficient (Wildman–Crippen LogP) is 3.46. The third kappa shape index (κ3) is 4.30. The fourth-order valence-electron chi connectivity index (χ4n) is 2.89. The summed E-state index contributed by atoms with van der Waals surface area (Å²) < 4.78 is 24.5. The number of rotatable bonds is 4. The van der Waals surface area contributed by atoms with Crippen LogP contribution < -0.4 is 5.32 Å². The Morgan fingerprint density at radius 2 is 1.90 bits per heavy atom. The smallest absolute Gasteiger partial charge is 0.150 e. The topological polar surface area (TPSA) is 46.2 Å². The van der Waals surface area contributed by atoms with Crippen molar-refractivity contribution in [3.8, 4) is 0 Å². The Bertz CT molecular complexity index is 541. The van der Waals surface area contributed by atoms with E-state index in [1.807, 2.05) is 12.1 Å². The lowest BCUT2D eigenvalue weighted by molar-refractivity contribution is 0.346. The highest BCUT2D eigenvalue weighted by molar-refractivity contribution is 9.10. The summed E-state index contributed by atoms with van der Waals surface area (Å²) in [6.45, 7) is 2.13. The molecule has 1 aromatic carbocycles. The Kier molecular flexibility index (Phi) is 5.26. The Labute approximate surface area is 130 Å². The molecule has 0 spiro atoms. The van der Waals surface area contributed by atoms with Gasteiger partial charge in [0.25, 0.3) is 0 Å². The zero-order valence-corrected chi connectivity index (χ0v) is 14.4. The lowest BCUT2D eigenvalue weighted by atomic mass is 9.93. The maximum atomic E-state index is 11.7. The molecule has 1 N–H and O–H groups in total. The third-order valence-corrected chi connectivity index (χ3v) is 6.26. The van der Waals surface area contributed by atoms with Gasteiger partial charge >= 0.3 is 0 Å². The summed E-state index contributed by atoms with van der Waals surface area (Å²) in [5.41, 5.74) is 1.23. The van der Waals surface area contributed by atoms with E-state index in [1.54, 1.807) is 0 Å². The molecule has 0 aromatic heterocycles. The summed E-state index contributed by atoms with van der Waals surface area (Å²) in [4.78, 5) is 0. The van der Waals surface area contributed by atoms with Crippen molar-refractivity contribution < 1.29 is 8.42 Å². The van der Waals surface area contributed by atoms with Crippen LogP contribution in [-0.4, -0.2) is 26.0 Å². The van der Waals surface area contributed by atoms with Gasteiger partial charge in [-0.3, -0.25) is 0 Å². The Morgan fingerprint density at radius 3 is 2.50 bits per heavy atom. The first-order chi connectivity index (χ1) is 9.36. The van der Waals surface area contributed by atoms with Gasteiger partial charge < -0.3 is 5.32 Å². The number of hydrogen-bond donors (Lipinski definition) is 1. The molecule has 1 saturated carbocycles. The minimum Gasteiger partial charge on any atom is -0.307 e. The van der Waals surface area contributed by atoms with Gasteiger partial charge in [-0.2, -0.15) is 0 Å². The average molecular weight is 360 g/mol. The number of nitrogens with one attached hydrogen (secondary N) is 1. The SMILES string of the molecule is C[C@H](NC1CCCC(S(C)(=O)=O)C1)c1ccc(Br)cc1. The number of halogens is 1. The first-order valence-corrected chi connectivity index (χ1v) is 9.81. The van der Waals surface area contributed by atoms with Gasteiger partial charge in [0.2, 0.25) is 0 Å². The van der Waals surface area contributed by atoms with Gasteiger partial charge in [-0.15, -0.1) is 0 Å². The van der Waals surface area contributed by atoms with E-state index in [2.05, 4.69) is 40.3 Å². The van der Waals surface area contributed by atoms with Crippen molar-refractivity contribution in [1.82, 2.24) is 5.32 Å². The van der Waals surface area contributed by atoms with E-state index in [9.17, 15) is 8.42 Å². The summed E-state index contributed by atoms with van der Waals surface area (Å²) in [5, 5.41) is 3.40. The van der Waals surface area contributed by atoms with Crippen LogP contribution in [-0.2, 0) is 9.84 Å². The van der Waals surface area contributed by atoms with Crippen LogP contribution >= 0.6 is 15.9 Å². The maximum absolute atomic E-state index is 11.7. The second-order valence-corrected chi connectivity index (χ2v) is 9.00. The molecule has 0 amide bonds. The van der Waals surface area contributed by atoms with Gasteiger partial charge in [0.15, 0.2) is 0 Å². The summed E-state index contributed by atoms with van der Waals surface area (Å²) >= 11 is 3.44. The lowest BCUT2D eigenvalue weighted by Crippen LogP contribution is -2.39. The maximum Gasteiger partial charge on any atom is 0.150 e. The van der Waals surface area contributed by atoms with E-state index < -0.39 is 9.84 Å². The predicted molar refractivity (Wildman–Crippen MR) is 86.6 cm³/mol. The van der Waals surface area contributed by atoms with Crippen LogP contribution in [0.15, 0.2) is 28.7 Å². The molecule has 2 unspecified atom stereocenters. The lowest BCUT2D eigenvalue weighted by Gasteiger charge is -2.31. The zero-order valence-electron chi connectivity index (χ0n) is 12.0. The Morgan fingerprint density at radius 1 is 1.25 bits per heavy atom. The molecule has 0 radical (unpaired) electrons. The molecule has 1 aliphatic carbocycles. The number of sulfone groups is 1. The summed E-state index contributed by atoms with van der Waals surface area (Å²) in [7, 11) is -2.91. The van der Waals surface area contributed by atoms with Crippen molar-refractivity contribution in [1.29, 1.82) is 0 Å². The van der Waals surface area contributed by atoms with Crippen LogP contribution in [0.4, 0.5) is 0 Å². The van der Waals surface area contributed by atoms with Crippen molar-refractivity contribution in [3.63, 3.8) is 0 Å². The molecule has 1 aliphatic rings. The minimum atomic E-state index is -2.91. The van der Waals surface area contributed by atoms with Gasteiger partial charge in [0.05, 0.1) is 5.25 Å². The van der Waals surface area contributed by atoms with Crippen LogP contribution in [0.2, 0.25) is 0 Å². The molecule has 0 bridgehead atoms. The van der Waals surface area contributed by atoms with Crippen LogP contribution in [0.25, 0.3) is 0 Å². The van der Waals surface area contributed by atoms with E-state index in [0.29, 0.717) is 6.04 Å². The fraction of sp³-hybridized carbons (Fsp3) is 0.600. The van der Waals surface area contributed by atoms with E-state index in [0.717, 1.165) is 30.2 Å². The molecule has 3 atom stereocenters. The normalized spacial score (nSPS) is 25.4. The van der Waals surface area contributed by atoms with Crippen LogP contribution in [0, 0.1) is 0 Å². The zero-order chi connectivity index (χ0) is 14.8. The molecule has 20 heavy (non-hydrogen) atoms. The molecule has 3 nitrogen and oxygen atoms in total.